The highest BCUT2D eigenvalue weighted by Gasteiger charge is 2.22. The molecule has 2 heterocycles. The van der Waals surface area contributed by atoms with Crippen molar-refractivity contribution in [3.8, 4) is 0 Å². The number of urea groups is 1. The minimum atomic E-state index is -0.208. The van der Waals surface area contributed by atoms with E-state index in [4.69, 9.17) is 0 Å². The molecule has 1 aromatic heterocycles. The predicted molar refractivity (Wildman–Crippen MR) is 115 cm³/mol. The van der Waals surface area contributed by atoms with Crippen LogP contribution in [0.25, 0.3) is 0 Å². The number of carbonyl (C=O) groups excluding carboxylic acids is 1. The number of hydrogen-bond acceptors (Lipinski definition) is 5. The van der Waals surface area contributed by atoms with E-state index in [0.717, 1.165) is 18.8 Å². The van der Waals surface area contributed by atoms with Gasteiger partial charge in [0.25, 0.3) is 0 Å². The first kappa shape index (κ1) is 19.3. The Kier molecular flexibility index (Phi) is 5.71. The lowest BCUT2D eigenvalue weighted by Gasteiger charge is -2.32. The van der Waals surface area contributed by atoms with Gasteiger partial charge in [0.05, 0.1) is 17.4 Å². The van der Waals surface area contributed by atoms with E-state index in [-0.39, 0.29) is 12.1 Å². The highest BCUT2D eigenvalue weighted by molar-refractivity contribution is 7.99. The molecule has 0 spiro atoms. The molecule has 0 saturated carbocycles. The number of aryl methyl sites for hydroxylation is 1. The van der Waals surface area contributed by atoms with Crippen molar-refractivity contribution in [3.63, 3.8) is 0 Å². The number of carbonyl (C=O) groups is 1. The molecule has 3 aromatic rings. The van der Waals surface area contributed by atoms with E-state index in [2.05, 4.69) is 74.3 Å². The van der Waals surface area contributed by atoms with Crippen LogP contribution in [-0.4, -0.2) is 33.9 Å². The fourth-order valence-electron chi connectivity index (χ4n) is 3.46. The zero-order valence-electron chi connectivity index (χ0n) is 16.5. The Labute approximate surface area is 174 Å². The number of nitrogens with one attached hydrogen (secondary N) is 2. The van der Waals surface area contributed by atoms with Crippen molar-refractivity contribution in [1.29, 1.82) is 0 Å². The van der Waals surface area contributed by atoms with Crippen LogP contribution in [0.15, 0.2) is 64.6 Å². The smallest absolute Gasteiger partial charge is 0.315 e. The second-order valence-corrected chi connectivity index (χ2v) is 8.05. The quantitative estimate of drug-likeness (QED) is 0.606. The van der Waals surface area contributed by atoms with E-state index in [9.17, 15) is 4.79 Å². The number of hydrogen-bond donors (Lipinski definition) is 2. The standard InChI is InChI=1S/C21H24N6OS/c1-15(20-25-23-14-26(20)2)24-21(28)22-12-7-13-27-16-8-3-5-10-18(16)29-19-11-6-4-9-17(19)27/h3-6,8-11,14-15H,7,12-13H2,1-2H3,(H2,22,24,28)/t15-/m1/s1. The zero-order chi connectivity index (χ0) is 20.2. The number of benzene rings is 2. The van der Waals surface area contributed by atoms with Crippen LogP contribution in [0.3, 0.4) is 0 Å². The van der Waals surface area contributed by atoms with Crippen molar-refractivity contribution in [1.82, 2.24) is 25.4 Å². The Morgan fingerprint density at radius 3 is 2.38 bits per heavy atom. The van der Waals surface area contributed by atoms with Gasteiger partial charge in [-0.25, -0.2) is 4.79 Å². The van der Waals surface area contributed by atoms with Gasteiger partial charge in [0.2, 0.25) is 0 Å². The summed E-state index contributed by atoms with van der Waals surface area (Å²) in [5, 5.41) is 13.7. The molecule has 0 bridgehead atoms. The van der Waals surface area contributed by atoms with Gasteiger partial charge in [0, 0.05) is 29.9 Å². The van der Waals surface area contributed by atoms with Crippen LogP contribution in [0.4, 0.5) is 16.2 Å². The third-order valence-corrected chi connectivity index (χ3v) is 5.99. The molecule has 1 atom stereocenters. The van der Waals surface area contributed by atoms with Gasteiger partial charge >= 0.3 is 6.03 Å². The maximum atomic E-state index is 12.2. The van der Waals surface area contributed by atoms with Crippen LogP contribution in [0.5, 0.6) is 0 Å². The van der Waals surface area contributed by atoms with Gasteiger partial charge in [-0.05, 0) is 37.6 Å². The van der Waals surface area contributed by atoms with Gasteiger partial charge in [0.15, 0.2) is 5.82 Å². The minimum absolute atomic E-state index is 0.199. The number of fused-ring (bicyclic) bond motifs is 2. The first-order chi connectivity index (χ1) is 14.1. The summed E-state index contributed by atoms with van der Waals surface area (Å²) in [7, 11) is 1.86. The number of rotatable bonds is 6. The SMILES string of the molecule is C[C@@H](NC(=O)NCCCN1c2ccccc2Sc2ccccc21)c1nncn1C. The van der Waals surface area contributed by atoms with E-state index in [1.165, 1.54) is 21.2 Å². The van der Waals surface area contributed by atoms with Crippen molar-refractivity contribution < 1.29 is 4.79 Å². The Bertz CT molecular complexity index is 959. The number of anilines is 2. The molecule has 4 rings (SSSR count). The molecule has 0 radical (unpaired) electrons. The molecule has 2 N–H and O–H groups in total. The first-order valence-corrected chi connectivity index (χ1v) is 10.5. The fraction of sp³-hybridized carbons (Fsp3) is 0.286. The lowest BCUT2D eigenvalue weighted by molar-refractivity contribution is 0.237. The van der Waals surface area contributed by atoms with Gasteiger partial charge in [-0.3, -0.25) is 0 Å². The highest BCUT2D eigenvalue weighted by atomic mass is 32.2. The summed E-state index contributed by atoms with van der Waals surface area (Å²) >= 11 is 1.80. The molecular formula is C21H24N6OS. The minimum Gasteiger partial charge on any atom is -0.340 e. The summed E-state index contributed by atoms with van der Waals surface area (Å²) in [6.07, 6.45) is 2.46. The summed E-state index contributed by atoms with van der Waals surface area (Å²) < 4.78 is 1.80. The molecule has 0 saturated heterocycles. The zero-order valence-corrected chi connectivity index (χ0v) is 17.3. The average molecular weight is 409 g/mol. The highest BCUT2D eigenvalue weighted by Crippen LogP contribution is 2.47. The second-order valence-electron chi connectivity index (χ2n) is 6.96. The first-order valence-electron chi connectivity index (χ1n) is 9.65. The number of amides is 2. The summed E-state index contributed by atoms with van der Waals surface area (Å²) in [6, 6.07) is 16.5. The van der Waals surface area contributed by atoms with Gasteiger partial charge in [-0.15, -0.1) is 10.2 Å². The number of aromatic nitrogens is 3. The normalized spacial score (nSPS) is 13.4. The average Bonchev–Trinajstić information content (AvgIpc) is 3.16. The van der Waals surface area contributed by atoms with E-state index in [1.54, 1.807) is 22.7 Å². The monoisotopic (exact) mass is 408 g/mol. The van der Waals surface area contributed by atoms with Gasteiger partial charge in [-0.1, -0.05) is 36.0 Å². The maximum absolute atomic E-state index is 12.2. The number of nitrogens with zero attached hydrogens (tertiary/aromatic N) is 4. The van der Waals surface area contributed by atoms with Crippen LogP contribution in [0, 0.1) is 0 Å². The number of para-hydroxylation sites is 2. The molecule has 2 amide bonds. The molecular weight excluding hydrogens is 384 g/mol. The Hall–Kier alpha value is -3.00. The molecule has 0 unspecified atom stereocenters. The molecule has 8 heteroatoms. The Balaban J connectivity index is 1.33. The predicted octanol–water partition coefficient (Wildman–Crippen LogP) is 3.87. The molecule has 150 valence electrons. The fourth-order valence-corrected chi connectivity index (χ4v) is 4.55. The van der Waals surface area contributed by atoms with Crippen LogP contribution in [0.1, 0.15) is 25.2 Å². The van der Waals surface area contributed by atoms with Crippen molar-refractivity contribution in [2.45, 2.75) is 29.2 Å². The van der Waals surface area contributed by atoms with E-state index >= 15 is 0 Å². The third kappa shape index (κ3) is 4.22. The van der Waals surface area contributed by atoms with Crippen molar-refractivity contribution in [3.05, 3.63) is 60.7 Å². The van der Waals surface area contributed by atoms with Crippen molar-refractivity contribution in [2.24, 2.45) is 7.05 Å². The molecule has 29 heavy (non-hydrogen) atoms. The lowest BCUT2D eigenvalue weighted by atomic mass is 10.2. The summed E-state index contributed by atoms with van der Waals surface area (Å²) in [5.41, 5.74) is 2.44. The van der Waals surface area contributed by atoms with Gasteiger partial charge in [-0.2, -0.15) is 0 Å². The summed E-state index contributed by atoms with van der Waals surface area (Å²) in [4.78, 5) is 17.1. The van der Waals surface area contributed by atoms with Crippen molar-refractivity contribution in [2.75, 3.05) is 18.0 Å². The largest absolute Gasteiger partial charge is 0.340 e. The summed E-state index contributed by atoms with van der Waals surface area (Å²) in [6.45, 7) is 3.31. The van der Waals surface area contributed by atoms with E-state index in [1.807, 2.05) is 14.0 Å². The molecule has 1 aliphatic heterocycles. The molecule has 2 aromatic carbocycles. The van der Waals surface area contributed by atoms with Crippen LogP contribution in [-0.2, 0) is 7.05 Å². The maximum Gasteiger partial charge on any atom is 0.315 e. The van der Waals surface area contributed by atoms with Gasteiger partial charge in [0.1, 0.15) is 6.33 Å². The molecule has 0 fully saturated rings. The Morgan fingerprint density at radius 2 is 1.76 bits per heavy atom. The van der Waals surface area contributed by atoms with Gasteiger partial charge < -0.3 is 20.1 Å². The van der Waals surface area contributed by atoms with E-state index in [0.29, 0.717) is 6.54 Å². The van der Waals surface area contributed by atoms with Crippen molar-refractivity contribution >= 4 is 29.2 Å². The molecule has 0 aliphatic carbocycles. The second kappa shape index (κ2) is 8.57. The van der Waals surface area contributed by atoms with Crippen LogP contribution < -0.4 is 15.5 Å². The van der Waals surface area contributed by atoms with Crippen LogP contribution >= 0.6 is 11.8 Å². The summed E-state index contributed by atoms with van der Waals surface area (Å²) in [5.74, 6) is 0.721. The van der Waals surface area contributed by atoms with E-state index < -0.39 is 0 Å². The van der Waals surface area contributed by atoms with Crippen LogP contribution in [0.2, 0.25) is 0 Å². The Morgan fingerprint density at radius 1 is 1.10 bits per heavy atom. The molecule has 1 aliphatic rings. The molecule has 7 nitrogen and oxygen atoms in total. The topological polar surface area (TPSA) is 75.1 Å². The third-order valence-electron chi connectivity index (χ3n) is 4.86. The lowest BCUT2D eigenvalue weighted by Crippen LogP contribution is -2.39.